The van der Waals surface area contributed by atoms with Crippen molar-refractivity contribution in [3.63, 3.8) is 0 Å². The van der Waals surface area contributed by atoms with E-state index in [0.717, 1.165) is 10.1 Å². The molecule has 0 atom stereocenters. The van der Waals surface area contributed by atoms with E-state index in [-0.39, 0.29) is 0 Å². The highest BCUT2D eigenvalue weighted by molar-refractivity contribution is 8.03. The second-order valence-electron chi connectivity index (χ2n) is 7.31. The van der Waals surface area contributed by atoms with Gasteiger partial charge in [0.25, 0.3) is 0 Å². The Balaban J connectivity index is 1.59. The Hall–Kier alpha value is -3.70. The SMILES string of the molecule is O=S(=O)(CS(=O)(=O)ON(c1ccccc1)c1ccccc1)ON(c1ccccc1)c1ccccc1. The van der Waals surface area contributed by atoms with E-state index in [4.69, 9.17) is 8.57 Å². The molecule has 0 amide bonds. The van der Waals surface area contributed by atoms with Crippen LogP contribution in [-0.4, -0.2) is 21.9 Å². The fourth-order valence-electron chi connectivity index (χ4n) is 3.17. The molecule has 0 spiro atoms. The van der Waals surface area contributed by atoms with Crippen molar-refractivity contribution < 1.29 is 25.4 Å². The summed E-state index contributed by atoms with van der Waals surface area (Å²) in [6, 6.07) is 33.8. The molecule has 0 fully saturated rings. The molecule has 0 heterocycles. The van der Waals surface area contributed by atoms with Crippen LogP contribution in [0.4, 0.5) is 22.7 Å². The third-order valence-electron chi connectivity index (χ3n) is 4.63. The summed E-state index contributed by atoms with van der Waals surface area (Å²) in [6.07, 6.45) is 0. The summed E-state index contributed by atoms with van der Waals surface area (Å²) in [6.45, 7) is 0. The van der Waals surface area contributed by atoms with E-state index in [9.17, 15) is 16.8 Å². The normalized spacial score (nSPS) is 11.7. The summed E-state index contributed by atoms with van der Waals surface area (Å²) in [5.74, 6) is 0. The van der Waals surface area contributed by atoms with Crippen molar-refractivity contribution in [2.24, 2.45) is 0 Å². The second-order valence-corrected chi connectivity index (χ2v) is 10.8. The topological polar surface area (TPSA) is 93.2 Å². The van der Waals surface area contributed by atoms with Gasteiger partial charge in [0.05, 0.1) is 22.7 Å². The zero-order valence-corrected chi connectivity index (χ0v) is 20.0. The summed E-state index contributed by atoms with van der Waals surface area (Å²) in [4.78, 5) is 0. The molecule has 8 nitrogen and oxygen atoms in total. The molecule has 0 N–H and O–H groups in total. The Bertz CT molecular complexity index is 1240. The first-order valence-corrected chi connectivity index (χ1v) is 13.6. The lowest BCUT2D eigenvalue weighted by Gasteiger charge is -2.24. The largest absolute Gasteiger partial charge is 0.305 e. The Morgan fingerprint density at radius 2 is 0.657 bits per heavy atom. The summed E-state index contributed by atoms with van der Waals surface area (Å²) in [5.41, 5.74) is 1.60. The molecule has 4 rings (SSSR count). The summed E-state index contributed by atoms with van der Waals surface area (Å²) < 4.78 is 62.2. The zero-order valence-electron chi connectivity index (χ0n) is 18.4. The number of para-hydroxylation sites is 4. The monoisotopic (exact) mass is 510 g/mol. The van der Waals surface area contributed by atoms with E-state index in [1.165, 1.54) is 0 Å². The molecule has 0 saturated heterocycles. The Labute approximate surface area is 204 Å². The van der Waals surface area contributed by atoms with Gasteiger partial charge in [0.2, 0.25) is 5.08 Å². The minimum atomic E-state index is -4.66. The predicted octanol–water partition coefficient (Wildman–Crippen LogP) is 5.14. The molecular formula is C25H22N2O6S2. The molecule has 0 bridgehead atoms. The van der Waals surface area contributed by atoms with Crippen LogP contribution in [0.15, 0.2) is 121 Å². The van der Waals surface area contributed by atoms with Crippen LogP contribution in [-0.2, 0) is 28.8 Å². The first kappa shape index (κ1) is 24.4. The van der Waals surface area contributed by atoms with Gasteiger partial charge < -0.3 is 0 Å². The number of benzene rings is 4. The Kier molecular flexibility index (Phi) is 7.47. The van der Waals surface area contributed by atoms with Crippen molar-refractivity contribution in [2.75, 3.05) is 15.2 Å². The lowest BCUT2D eigenvalue weighted by atomic mass is 10.2. The highest BCUT2D eigenvalue weighted by Gasteiger charge is 2.31. The molecular weight excluding hydrogens is 488 g/mol. The van der Waals surface area contributed by atoms with Crippen LogP contribution in [0.5, 0.6) is 0 Å². The van der Waals surface area contributed by atoms with Crippen LogP contribution >= 0.6 is 0 Å². The van der Waals surface area contributed by atoms with E-state index in [0.29, 0.717) is 22.7 Å². The van der Waals surface area contributed by atoms with Gasteiger partial charge in [-0.25, -0.2) is 10.1 Å². The molecule has 0 unspecified atom stereocenters. The highest BCUT2D eigenvalue weighted by Crippen LogP contribution is 2.29. The van der Waals surface area contributed by atoms with Gasteiger partial charge in [0.15, 0.2) is 0 Å². The van der Waals surface area contributed by atoms with Crippen molar-refractivity contribution in [3.05, 3.63) is 121 Å². The van der Waals surface area contributed by atoms with Crippen molar-refractivity contribution in [1.82, 2.24) is 0 Å². The fraction of sp³-hybridized carbons (Fsp3) is 0.0400. The van der Waals surface area contributed by atoms with Crippen molar-refractivity contribution in [2.45, 2.75) is 0 Å². The van der Waals surface area contributed by atoms with Gasteiger partial charge in [-0.05, 0) is 48.5 Å². The first-order valence-electron chi connectivity index (χ1n) is 10.5. The molecule has 0 radical (unpaired) electrons. The minimum Gasteiger partial charge on any atom is -0.205 e. The summed E-state index contributed by atoms with van der Waals surface area (Å²) >= 11 is 0. The molecule has 35 heavy (non-hydrogen) atoms. The molecule has 0 aliphatic carbocycles. The molecule has 10 heteroatoms. The standard InChI is InChI=1S/C25H22N2O6S2/c28-34(29,32-26(22-13-5-1-6-14-22)23-15-7-2-8-16-23)21-35(30,31)33-27(24-17-9-3-10-18-24)25-19-11-4-12-20-25/h1-20H,21H2. The van der Waals surface area contributed by atoms with Crippen LogP contribution in [0.25, 0.3) is 0 Å². The predicted molar refractivity (Wildman–Crippen MR) is 135 cm³/mol. The summed E-state index contributed by atoms with van der Waals surface area (Å²) in [7, 11) is -9.32. The number of hydrogen-bond donors (Lipinski definition) is 0. The number of rotatable bonds is 10. The van der Waals surface area contributed by atoms with Crippen LogP contribution in [0, 0.1) is 0 Å². The van der Waals surface area contributed by atoms with Crippen LogP contribution in [0.2, 0.25) is 0 Å². The van der Waals surface area contributed by atoms with Gasteiger partial charge in [-0.2, -0.15) is 16.8 Å². The Morgan fingerprint density at radius 1 is 0.429 bits per heavy atom. The molecule has 4 aromatic carbocycles. The third kappa shape index (κ3) is 6.67. The van der Waals surface area contributed by atoms with Crippen molar-refractivity contribution in [3.8, 4) is 0 Å². The molecule has 180 valence electrons. The second kappa shape index (κ2) is 10.7. The van der Waals surface area contributed by atoms with Crippen molar-refractivity contribution >= 4 is 43.0 Å². The van der Waals surface area contributed by atoms with Gasteiger partial charge in [-0.1, -0.05) is 72.8 Å². The van der Waals surface area contributed by atoms with Crippen LogP contribution in [0.3, 0.4) is 0 Å². The van der Waals surface area contributed by atoms with E-state index in [1.54, 1.807) is 121 Å². The van der Waals surface area contributed by atoms with E-state index >= 15 is 0 Å². The van der Waals surface area contributed by atoms with Gasteiger partial charge in [0.1, 0.15) is 0 Å². The number of anilines is 4. The first-order chi connectivity index (χ1) is 16.8. The Morgan fingerprint density at radius 3 is 0.886 bits per heavy atom. The molecule has 4 aromatic rings. The van der Waals surface area contributed by atoms with Gasteiger partial charge >= 0.3 is 20.2 Å². The van der Waals surface area contributed by atoms with Gasteiger partial charge in [-0.15, -0.1) is 8.57 Å². The van der Waals surface area contributed by atoms with Crippen LogP contribution in [0.1, 0.15) is 0 Å². The maximum Gasteiger partial charge on any atom is 0.305 e. The smallest absolute Gasteiger partial charge is 0.205 e. The lowest BCUT2D eigenvalue weighted by Crippen LogP contribution is -2.31. The zero-order chi connectivity index (χ0) is 24.7. The van der Waals surface area contributed by atoms with E-state index in [1.807, 2.05) is 0 Å². The lowest BCUT2D eigenvalue weighted by molar-refractivity contribution is 0.315. The third-order valence-corrected chi connectivity index (χ3v) is 7.69. The summed E-state index contributed by atoms with van der Waals surface area (Å²) in [5, 5.41) is 0.695. The fourth-order valence-corrected chi connectivity index (χ4v) is 5.73. The maximum absolute atomic E-state index is 12.9. The molecule has 0 saturated carbocycles. The molecule has 0 aliphatic rings. The molecule has 0 aliphatic heterocycles. The van der Waals surface area contributed by atoms with E-state index < -0.39 is 25.3 Å². The maximum atomic E-state index is 12.9. The van der Waals surface area contributed by atoms with Gasteiger partial charge in [-0.3, -0.25) is 0 Å². The van der Waals surface area contributed by atoms with Crippen molar-refractivity contribution in [1.29, 1.82) is 0 Å². The highest BCUT2D eigenvalue weighted by atomic mass is 32.3. The van der Waals surface area contributed by atoms with Crippen LogP contribution < -0.4 is 10.1 Å². The number of hydrogen-bond acceptors (Lipinski definition) is 8. The number of nitrogens with zero attached hydrogens (tertiary/aromatic N) is 2. The molecule has 0 aromatic heterocycles. The minimum absolute atomic E-state index is 0.399. The average Bonchev–Trinajstić information content (AvgIpc) is 2.87. The van der Waals surface area contributed by atoms with E-state index in [2.05, 4.69) is 0 Å². The van der Waals surface area contributed by atoms with Gasteiger partial charge in [0, 0.05) is 0 Å². The average molecular weight is 511 g/mol. The quantitative estimate of drug-likeness (QED) is 0.271.